The molecule has 1 saturated heterocycles. The predicted octanol–water partition coefficient (Wildman–Crippen LogP) is 4.22. The molecule has 164 valence electrons. The van der Waals surface area contributed by atoms with E-state index in [1.165, 1.54) is 0 Å². The molecule has 3 aromatic rings. The molecule has 1 saturated carbocycles. The van der Waals surface area contributed by atoms with Gasteiger partial charge in [0, 0.05) is 18.7 Å². The highest BCUT2D eigenvalue weighted by molar-refractivity contribution is 6.03. The number of para-hydroxylation sites is 1. The van der Waals surface area contributed by atoms with Crippen LogP contribution in [0.15, 0.2) is 54.6 Å². The maximum Gasteiger partial charge on any atom is 0.254 e. The third-order valence-electron chi connectivity index (χ3n) is 5.98. The van der Waals surface area contributed by atoms with Crippen molar-refractivity contribution < 1.29 is 9.53 Å². The summed E-state index contributed by atoms with van der Waals surface area (Å²) in [6, 6.07) is 17.2. The average Bonchev–Trinajstić information content (AvgIpc) is 2.98. The van der Waals surface area contributed by atoms with Gasteiger partial charge in [-0.3, -0.25) is 4.79 Å². The van der Waals surface area contributed by atoms with Crippen molar-refractivity contribution in [3.8, 4) is 22.8 Å². The van der Waals surface area contributed by atoms with Gasteiger partial charge in [0.2, 0.25) is 0 Å². The van der Waals surface area contributed by atoms with Gasteiger partial charge in [-0.2, -0.15) is 5.10 Å². The first-order valence-electron chi connectivity index (χ1n) is 9.77. The number of amides is 1. The van der Waals surface area contributed by atoms with Gasteiger partial charge in [-0.1, -0.05) is 33.1 Å². The van der Waals surface area contributed by atoms with Gasteiger partial charge in [0.15, 0.2) is 0 Å². The zero-order valence-corrected chi connectivity index (χ0v) is 16.0. The normalized spacial score (nSPS) is 16.4. The minimum absolute atomic E-state index is 0. The standard InChI is InChI=1S/C22H23N5O2.2CH4/c23-20-18(21(24)28)19(26-27(20)15-10-22(11-15)12-25-13-22)14-6-8-17(9-7-14)29-16-4-2-1-3-5-16;;/h1-9,15,25H,10-13,23H2,(H2,24,28);2*1H4. The molecule has 7 nitrogen and oxygen atoms in total. The van der Waals surface area contributed by atoms with Crippen LogP contribution in [-0.4, -0.2) is 28.8 Å². The zero-order chi connectivity index (χ0) is 20.0. The number of anilines is 1. The van der Waals surface area contributed by atoms with E-state index in [4.69, 9.17) is 21.3 Å². The first kappa shape index (κ1) is 22.4. The van der Waals surface area contributed by atoms with Gasteiger partial charge in [-0.15, -0.1) is 0 Å². The van der Waals surface area contributed by atoms with Gasteiger partial charge >= 0.3 is 0 Å². The topological polar surface area (TPSA) is 108 Å². The second kappa shape index (κ2) is 8.43. The lowest BCUT2D eigenvalue weighted by Crippen LogP contribution is -2.60. The van der Waals surface area contributed by atoms with E-state index in [1.54, 1.807) is 4.68 Å². The third-order valence-corrected chi connectivity index (χ3v) is 5.98. The number of benzene rings is 2. The molecule has 1 aromatic heterocycles. The number of hydrogen-bond acceptors (Lipinski definition) is 5. The summed E-state index contributed by atoms with van der Waals surface area (Å²) in [6.07, 6.45) is 2.04. The number of ether oxygens (including phenoxy) is 1. The largest absolute Gasteiger partial charge is 0.457 e. The fraction of sp³-hybridized carbons (Fsp3) is 0.333. The van der Waals surface area contributed by atoms with E-state index in [2.05, 4.69) is 5.32 Å². The molecule has 0 radical (unpaired) electrons. The molecule has 0 atom stereocenters. The maximum atomic E-state index is 12.1. The minimum Gasteiger partial charge on any atom is -0.457 e. The summed E-state index contributed by atoms with van der Waals surface area (Å²) in [5.41, 5.74) is 13.9. The number of rotatable bonds is 5. The Kier molecular flexibility index (Phi) is 6.08. The molecule has 5 rings (SSSR count). The van der Waals surface area contributed by atoms with Crippen LogP contribution in [0.2, 0.25) is 0 Å². The molecule has 5 N–H and O–H groups in total. The van der Waals surface area contributed by atoms with E-state index in [9.17, 15) is 4.79 Å². The van der Waals surface area contributed by atoms with E-state index in [0.717, 1.165) is 37.2 Å². The highest BCUT2D eigenvalue weighted by atomic mass is 16.5. The number of nitrogens with zero attached hydrogens (tertiary/aromatic N) is 2. The Bertz CT molecular complexity index is 1050. The molecule has 2 fully saturated rings. The second-order valence-electron chi connectivity index (χ2n) is 8.02. The Morgan fingerprint density at radius 1 is 1.03 bits per heavy atom. The number of carbonyl (C=O) groups is 1. The van der Waals surface area contributed by atoms with Crippen LogP contribution in [0.1, 0.15) is 44.1 Å². The quantitative estimate of drug-likeness (QED) is 0.572. The molecule has 1 spiro atoms. The summed E-state index contributed by atoms with van der Waals surface area (Å²) in [7, 11) is 0. The minimum atomic E-state index is -0.562. The smallest absolute Gasteiger partial charge is 0.254 e. The van der Waals surface area contributed by atoms with Crippen LogP contribution in [0.5, 0.6) is 11.5 Å². The Hall–Kier alpha value is -3.32. The lowest BCUT2D eigenvalue weighted by molar-refractivity contribution is 0.00345. The van der Waals surface area contributed by atoms with Crippen LogP contribution >= 0.6 is 0 Å². The highest BCUT2D eigenvalue weighted by Crippen LogP contribution is 2.52. The van der Waals surface area contributed by atoms with E-state index >= 15 is 0 Å². The van der Waals surface area contributed by atoms with Crippen molar-refractivity contribution in [2.24, 2.45) is 11.1 Å². The predicted molar refractivity (Wildman–Crippen MR) is 124 cm³/mol. The van der Waals surface area contributed by atoms with E-state index in [0.29, 0.717) is 22.7 Å². The summed E-state index contributed by atoms with van der Waals surface area (Å²) in [5, 5.41) is 8.02. The van der Waals surface area contributed by atoms with Crippen LogP contribution in [0.25, 0.3) is 11.3 Å². The summed E-state index contributed by atoms with van der Waals surface area (Å²) in [5.74, 6) is 1.25. The number of nitrogens with two attached hydrogens (primary N) is 2. The molecule has 2 aromatic carbocycles. The summed E-state index contributed by atoms with van der Waals surface area (Å²) in [6.45, 7) is 2.09. The van der Waals surface area contributed by atoms with Crippen molar-refractivity contribution in [3.05, 3.63) is 60.2 Å². The molecule has 1 amide bonds. The second-order valence-corrected chi connectivity index (χ2v) is 8.02. The lowest BCUT2D eigenvalue weighted by atomic mass is 9.62. The first-order chi connectivity index (χ1) is 14.0. The third kappa shape index (κ3) is 3.88. The summed E-state index contributed by atoms with van der Waals surface area (Å²) >= 11 is 0. The molecule has 1 aliphatic carbocycles. The fourth-order valence-electron chi connectivity index (χ4n) is 4.36. The van der Waals surface area contributed by atoms with Crippen molar-refractivity contribution in [1.29, 1.82) is 0 Å². The molecule has 0 bridgehead atoms. The molecule has 7 heteroatoms. The Balaban J connectivity index is 0.00000136. The van der Waals surface area contributed by atoms with Crippen molar-refractivity contribution in [2.75, 3.05) is 18.8 Å². The number of aromatic nitrogens is 2. The molecule has 2 aliphatic rings. The fourth-order valence-corrected chi connectivity index (χ4v) is 4.36. The highest BCUT2D eigenvalue weighted by Gasteiger charge is 2.50. The number of nitrogens with one attached hydrogen (secondary N) is 1. The zero-order valence-electron chi connectivity index (χ0n) is 16.0. The monoisotopic (exact) mass is 421 g/mol. The van der Waals surface area contributed by atoms with Crippen LogP contribution in [0, 0.1) is 5.41 Å². The molecule has 1 aliphatic heterocycles. The van der Waals surface area contributed by atoms with E-state index in [1.807, 2.05) is 54.6 Å². The van der Waals surface area contributed by atoms with Crippen LogP contribution in [0.3, 0.4) is 0 Å². The van der Waals surface area contributed by atoms with Crippen molar-refractivity contribution >= 4 is 11.7 Å². The van der Waals surface area contributed by atoms with Gasteiger partial charge in [-0.05, 0) is 54.7 Å². The molecule has 31 heavy (non-hydrogen) atoms. The molecule has 0 unspecified atom stereocenters. The van der Waals surface area contributed by atoms with Crippen molar-refractivity contribution in [1.82, 2.24) is 15.1 Å². The maximum absolute atomic E-state index is 12.1. The molecular formula is C24H31N5O2. The number of hydrogen-bond donors (Lipinski definition) is 3. The number of carbonyl (C=O) groups excluding carboxylic acids is 1. The Morgan fingerprint density at radius 2 is 1.65 bits per heavy atom. The van der Waals surface area contributed by atoms with Crippen LogP contribution in [-0.2, 0) is 0 Å². The van der Waals surface area contributed by atoms with Gasteiger partial charge in [-0.25, -0.2) is 4.68 Å². The molecular weight excluding hydrogens is 390 g/mol. The van der Waals surface area contributed by atoms with Gasteiger partial charge in [0.05, 0.1) is 6.04 Å². The summed E-state index contributed by atoms with van der Waals surface area (Å²) in [4.78, 5) is 12.1. The Morgan fingerprint density at radius 3 is 2.19 bits per heavy atom. The van der Waals surface area contributed by atoms with Gasteiger partial charge < -0.3 is 21.5 Å². The van der Waals surface area contributed by atoms with Crippen molar-refractivity contribution in [2.45, 2.75) is 33.7 Å². The van der Waals surface area contributed by atoms with E-state index < -0.39 is 5.91 Å². The SMILES string of the molecule is C.C.NC(=O)c1c(-c2ccc(Oc3ccccc3)cc2)nn(C2CC3(CNC3)C2)c1N. The first-order valence-corrected chi connectivity index (χ1v) is 9.77. The van der Waals surface area contributed by atoms with Crippen LogP contribution < -0.4 is 21.5 Å². The molecule has 2 heterocycles. The average molecular weight is 422 g/mol. The van der Waals surface area contributed by atoms with Gasteiger partial charge in [0.1, 0.15) is 28.6 Å². The van der Waals surface area contributed by atoms with Crippen LogP contribution in [0.4, 0.5) is 5.82 Å². The number of nitrogen functional groups attached to an aromatic ring is 1. The van der Waals surface area contributed by atoms with E-state index in [-0.39, 0.29) is 26.5 Å². The Labute approximate surface area is 183 Å². The summed E-state index contributed by atoms with van der Waals surface area (Å²) < 4.78 is 7.62. The van der Waals surface area contributed by atoms with Gasteiger partial charge in [0.25, 0.3) is 5.91 Å². The number of primary amides is 1. The van der Waals surface area contributed by atoms with Crippen molar-refractivity contribution in [3.63, 3.8) is 0 Å². The lowest BCUT2D eigenvalue weighted by Gasteiger charge is -2.54.